The molecule has 0 bridgehead atoms. The van der Waals surface area contributed by atoms with E-state index in [-0.39, 0.29) is 26.4 Å². The Morgan fingerprint density at radius 1 is 0.619 bits per heavy atom. The Hall–Kier alpha value is -5.03. The minimum atomic E-state index is 0. The Bertz CT molecular complexity index is 1500. The zero-order chi connectivity index (χ0) is 28.5. The number of aryl methyl sites for hydroxylation is 1. The Labute approximate surface area is 260 Å². The molecule has 1 aromatic carbocycles. The van der Waals surface area contributed by atoms with E-state index in [0.717, 1.165) is 39.8 Å². The zero-order valence-corrected chi connectivity index (χ0v) is 25.5. The number of terminal acetylenes is 1. The Kier molecular flexibility index (Phi) is 13.2. The molecule has 6 aromatic rings. The van der Waals surface area contributed by atoms with E-state index >= 15 is 0 Å². The van der Waals surface area contributed by atoms with Gasteiger partial charge >= 0.3 is 19.8 Å². The van der Waals surface area contributed by atoms with Gasteiger partial charge in [0.1, 0.15) is 6.61 Å². The van der Waals surface area contributed by atoms with Crippen molar-refractivity contribution >= 4 is 0 Å². The minimum absolute atomic E-state index is 0. The van der Waals surface area contributed by atoms with Crippen LogP contribution in [0.2, 0.25) is 0 Å². The van der Waals surface area contributed by atoms with Gasteiger partial charge in [-0.1, -0.05) is 41.8 Å². The molecule has 5 heterocycles. The van der Waals surface area contributed by atoms with E-state index < -0.39 is 0 Å². The summed E-state index contributed by atoms with van der Waals surface area (Å²) in [5, 5.41) is 0. The van der Waals surface area contributed by atoms with Crippen molar-refractivity contribution in [3.05, 3.63) is 146 Å². The predicted molar refractivity (Wildman–Crippen MR) is 163 cm³/mol. The van der Waals surface area contributed by atoms with E-state index in [1.165, 1.54) is 5.56 Å². The molecule has 0 aliphatic heterocycles. The smallest absolute Gasteiger partial charge is 0.500 e. The maximum Gasteiger partial charge on any atom is 1.00 e. The molecule has 0 N–H and O–H groups in total. The molecule has 0 aliphatic rings. The van der Waals surface area contributed by atoms with Gasteiger partial charge in [0, 0.05) is 36.7 Å². The van der Waals surface area contributed by atoms with E-state index in [9.17, 15) is 0 Å². The third kappa shape index (κ3) is 10.2. The van der Waals surface area contributed by atoms with E-state index in [2.05, 4.69) is 36.9 Å². The molecular weight excluding hydrogens is 697 g/mol. The van der Waals surface area contributed by atoms with Crippen LogP contribution in [0.4, 0.5) is 0 Å². The van der Waals surface area contributed by atoms with Gasteiger partial charge in [-0.05, 0) is 67.2 Å². The quantitative estimate of drug-likeness (QED) is 0.139. The van der Waals surface area contributed by atoms with Crippen molar-refractivity contribution in [2.45, 2.75) is 6.92 Å². The molecule has 0 spiro atoms. The number of hydrogen-bond donors (Lipinski definition) is 0. The van der Waals surface area contributed by atoms with E-state index in [1.807, 2.05) is 110 Å². The second-order valence-corrected chi connectivity index (χ2v) is 8.51. The average molecular weight is 725 g/mol. The topological polar surface area (TPSA) is 73.7 Å². The van der Waals surface area contributed by atoms with Gasteiger partial charge in [-0.3, -0.25) is 19.9 Å². The van der Waals surface area contributed by atoms with Crippen molar-refractivity contribution in [3.63, 3.8) is 0 Å². The Morgan fingerprint density at radius 3 is 1.50 bits per heavy atom. The Morgan fingerprint density at radius 2 is 1.10 bits per heavy atom. The Balaban J connectivity index is 0.000000175. The first kappa shape index (κ1) is 31.5. The summed E-state index contributed by atoms with van der Waals surface area (Å²) in [4.78, 5) is 21.1. The fourth-order valence-corrected chi connectivity index (χ4v) is 3.55. The predicted octanol–water partition coefficient (Wildman–Crippen LogP) is 7.15. The summed E-state index contributed by atoms with van der Waals surface area (Å²) in [6.07, 6.45) is 14.0. The van der Waals surface area contributed by atoms with Gasteiger partial charge in [0.25, 0.3) is 0 Å². The van der Waals surface area contributed by atoms with Crippen molar-refractivity contribution in [1.82, 2.24) is 24.9 Å². The fourth-order valence-electron chi connectivity index (χ4n) is 3.55. The molecule has 6 nitrogen and oxygen atoms in total. The van der Waals surface area contributed by atoms with Crippen molar-refractivity contribution in [3.8, 4) is 52.1 Å². The van der Waals surface area contributed by atoms with Gasteiger partial charge in [0.15, 0.2) is 0 Å². The number of benzene rings is 1. The maximum atomic E-state index is 5.36. The molecule has 42 heavy (non-hydrogen) atoms. The second-order valence-electron chi connectivity index (χ2n) is 8.51. The summed E-state index contributed by atoms with van der Waals surface area (Å²) >= 11 is 0. The standard InChI is InChI=1S/C15H12NO.2C10H8N2.Os/c1-3-9-17-14-6-4-5-13(11-14)15-10-12(2)7-8-16-15;2*1-3-7-11-9(5-1)10-6-2-4-8-12-10;/h1,4,6-8,10-11H,9H2,2H3;2*1-8H;/q-1;;;+1. The molecule has 0 saturated heterocycles. The van der Waals surface area contributed by atoms with Crippen molar-refractivity contribution in [2.75, 3.05) is 6.61 Å². The van der Waals surface area contributed by atoms with Crippen molar-refractivity contribution in [1.29, 1.82) is 0 Å². The summed E-state index contributed by atoms with van der Waals surface area (Å²) in [5.41, 5.74) is 6.62. The monoisotopic (exact) mass is 726 g/mol. The number of ether oxygens (including phenoxy) is 1. The van der Waals surface area contributed by atoms with Gasteiger partial charge in [0.05, 0.1) is 22.8 Å². The summed E-state index contributed by atoms with van der Waals surface area (Å²) in [5.74, 6) is 3.17. The van der Waals surface area contributed by atoms with Gasteiger partial charge < -0.3 is 9.72 Å². The van der Waals surface area contributed by atoms with Crippen LogP contribution in [0, 0.1) is 25.3 Å². The first-order valence-electron chi connectivity index (χ1n) is 12.9. The van der Waals surface area contributed by atoms with Crippen LogP contribution < -0.4 is 4.74 Å². The number of rotatable bonds is 5. The van der Waals surface area contributed by atoms with Crippen LogP contribution in [0.1, 0.15) is 5.56 Å². The average Bonchev–Trinajstić information content (AvgIpc) is 3.06. The van der Waals surface area contributed by atoms with Crippen LogP contribution in [0.25, 0.3) is 34.0 Å². The summed E-state index contributed by atoms with van der Waals surface area (Å²) in [7, 11) is 0. The van der Waals surface area contributed by atoms with E-state index in [1.54, 1.807) is 31.0 Å². The molecule has 5 aromatic heterocycles. The molecule has 0 unspecified atom stereocenters. The van der Waals surface area contributed by atoms with Crippen LogP contribution >= 0.6 is 0 Å². The third-order valence-corrected chi connectivity index (χ3v) is 5.47. The summed E-state index contributed by atoms with van der Waals surface area (Å²) < 4.78 is 5.36. The van der Waals surface area contributed by atoms with E-state index in [4.69, 9.17) is 11.2 Å². The molecule has 0 aliphatic carbocycles. The number of aromatic nitrogens is 5. The first-order valence-corrected chi connectivity index (χ1v) is 12.9. The number of hydrogen-bond acceptors (Lipinski definition) is 6. The van der Waals surface area contributed by atoms with Gasteiger partial charge in [0.2, 0.25) is 0 Å². The largest absolute Gasteiger partial charge is 1.00 e. The number of nitrogens with zero attached hydrogens (tertiary/aromatic N) is 5. The molecule has 0 amide bonds. The van der Waals surface area contributed by atoms with Crippen molar-refractivity contribution < 1.29 is 24.5 Å². The molecular formula is C35H28N5OOs. The molecule has 6 rings (SSSR count). The fraction of sp³-hybridized carbons (Fsp3) is 0.0571. The van der Waals surface area contributed by atoms with Crippen LogP contribution in [-0.4, -0.2) is 31.5 Å². The SMILES string of the molecule is C#CCOc1cc[c-]c(-c2cc(C)ccn2)c1.[Os+].c1ccc(-c2ccccn2)nc1.c1ccc(-c2ccccn2)nc1. The molecule has 207 valence electrons. The van der Waals surface area contributed by atoms with E-state index in [0.29, 0.717) is 0 Å². The van der Waals surface area contributed by atoms with Crippen LogP contribution in [0.5, 0.6) is 5.75 Å². The minimum Gasteiger partial charge on any atom is -0.500 e. The normalized spacial score (nSPS) is 9.43. The second kappa shape index (κ2) is 17.6. The summed E-state index contributed by atoms with van der Waals surface area (Å²) in [6.45, 7) is 2.30. The third-order valence-electron chi connectivity index (χ3n) is 5.47. The molecule has 0 atom stereocenters. The van der Waals surface area contributed by atoms with Crippen molar-refractivity contribution in [2.24, 2.45) is 0 Å². The maximum absolute atomic E-state index is 5.36. The van der Waals surface area contributed by atoms with Gasteiger partial charge in [-0.2, -0.15) is 0 Å². The van der Waals surface area contributed by atoms with Crippen LogP contribution in [0.15, 0.2) is 134 Å². The zero-order valence-electron chi connectivity index (χ0n) is 23.0. The molecule has 1 radical (unpaired) electrons. The first-order chi connectivity index (χ1) is 20.2. The molecule has 0 fully saturated rings. The van der Waals surface area contributed by atoms with Gasteiger partial charge in [-0.15, -0.1) is 36.3 Å². The molecule has 7 heteroatoms. The number of pyridine rings is 5. The molecule has 0 saturated carbocycles. The van der Waals surface area contributed by atoms with Crippen LogP contribution in [0.3, 0.4) is 0 Å². The summed E-state index contributed by atoms with van der Waals surface area (Å²) in [6, 6.07) is 35.8. The van der Waals surface area contributed by atoms with Crippen LogP contribution in [-0.2, 0) is 19.8 Å². The van der Waals surface area contributed by atoms with Gasteiger partial charge in [-0.25, -0.2) is 0 Å².